The van der Waals surface area contributed by atoms with Gasteiger partial charge >= 0.3 is 5.97 Å². The molecule has 4 heteroatoms. The van der Waals surface area contributed by atoms with Crippen molar-refractivity contribution < 1.29 is 9.90 Å². The van der Waals surface area contributed by atoms with Gasteiger partial charge in [-0.1, -0.05) is 50.2 Å². The van der Waals surface area contributed by atoms with Crippen molar-refractivity contribution in [3.05, 3.63) is 70.9 Å². The highest BCUT2D eigenvalue weighted by atomic mass is 16.4. The van der Waals surface area contributed by atoms with Gasteiger partial charge in [-0.25, -0.2) is 4.79 Å². The van der Waals surface area contributed by atoms with Gasteiger partial charge in [0.15, 0.2) is 0 Å². The lowest BCUT2D eigenvalue weighted by Gasteiger charge is -2.31. The van der Waals surface area contributed by atoms with Crippen LogP contribution < -0.4 is 0 Å². The second-order valence-corrected chi connectivity index (χ2v) is 6.23. The second kappa shape index (κ2) is 7.11. The van der Waals surface area contributed by atoms with Crippen molar-refractivity contribution in [2.24, 2.45) is 0 Å². The third kappa shape index (κ3) is 3.05. The van der Waals surface area contributed by atoms with E-state index in [1.165, 1.54) is 0 Å². The number of benzene rings is 2. The first-order valence-corrected chi connectivity index (χ1v) is 8.71. The Morgan fingerprint density at radius 1 is 1.08 bits per heavy atom. The van der Waals surface area contributed by atoms with Crippen LogP contribution in [0.4, 0.5) is 0 Å². The summed E-state index contributed by atoms with van der Waals surface area (Å²) in [5.41, 5.74) is 4.53. The Kier molecular flexibility index (Phi) is 4.91. The van der Waals surface area contributed by atoms with Crippen LogP contribution in [0.15, 0.2) is 48.5 Å². The molecule has 0 saturated heterocycles. The summed E-state index contributed by atoms with van der Waals surface area (Å²) in [6.45, 7) is 7.98. The van der Waals surface area contributed by atoms with Gasteiger partial charge < -0.3 is 10.1 Å². The molecule has 0 bridgehead atoms. The minimum absolute atomic E-state index is 0.0987. The molecule has 2 aromatic carbocycles. The van der Waals surface area contributed by atoms with Crippen molar-refractivity contribution in [3.8, 4) is 0 Å². The molecule has 0 radical (unpaired) electrons. The Hall–Kier alpha value is -2.59. The number of aromatic nitrogens is 1. The van der Waals surface area contributed by atoms with Gasteiger partial charge in [-0.15, -0.1) is 0 Å². The maximum Gasteiger partial charge on any atom is 0.336 e. The first-order valence-electron chi connectivity index (χ1n) is 8.71. The number of carboxylic acid groups (broad SMARTS) is 1. The van der Waals surface area contributed by atoms with Gasteiger partial charge in [0.1, 0.15) is 0 Å². The molecule has 3 aromatic rings. The Morgan fingerprint density at radius 2 is 1.72 bits per heavy atom. The highest BCUT2D eigenvalue weighted by Gasteiger charge is 2.28. The van der Waals surface area contributed by atoms with E-state index in [9.17, 15) is 9.90 Å². The van der Waals surface area contributed by atoms with Crippen molar-refractivity contribution in [2.75, 3.05) is 13.1 Å². The minimum atomic E-state index is -0.884. The standard InChI is InChI=1S/C21H24N2O2/c1-4-23(5-2)20(15-10-6-7-11-16(15)21(24)25)19-14(3)22-18-13-9-8-12-17(18)19/h6-13,20,22H,4-5H2,1-3H3,(H,24,25). The van der Waals surface area contributed by atoms with Gasteiger partial charge in [-0.3, -0.25) is 4.90 Å². The molecule has 4 nitrogen and oxygen atoms in total. The first kappa shape index (κ1) is 17.2. The van der Waals surface area contributed by atoms with Gasteiger partial charge in [0.2, 0.25) is 0 Å². The predicted octanol–water partition coefficient (Wildman–Crippen LogP) is 4.61. The zero-order valence-corrected chi connectivity index (χ0v) is 14.9. The number of aromatic amines is 1. The molecule has 0 aliphatic heterocycles. The number of aryl methyl sites for hydroxylation is 1. The summed E-state index contributed by atoms with van der Waals surface area (Å²) < 4.78 is 0. The minimum Gasteiger partial charge on any atom is -0.478 e. The summed E-state index contributed by atoms with van der Waals surface area (Å²) in [6, 6.07) is 15.4. The fourth-order valence-corrected chi connectivity index (χ4v) is 3.70. The molecule has 25 heavy (non-hydrogen) atoms. The summed E-state index contributed by atoms with van der Waals surface area (Å²) in [5.74, 6) is -0.884. The third-order valence-electron chi connectivity index (χ3n) is 4.88. The van der Waals surface area contributed by atoms with Gasteiger partial charge in [0, 0.05) is 22.2 Å². The number of nitrogens with zero attached hydrogens (tertiary/aromatic N) is 1. The predicted molar refractivity (Wildman–Crippen MR) is 101 cm³/mol. The molecule has 0 spiro atoms. The number of para-hydroxylation sites is 1. The lowest BCUT2D eigenvalue weighted by Crippen LogP contribution is -2.30. The van der Waals surface area contributed by atoms with Gasteiger partial charge in [0.25, 0.3) is 0 Å². The molecule has 0 saturated carbocycles. The van der Waals surface area contributed by atoms with Crippen LogP contribution in [0.3, 0.4) is 0 Å². The van der Waals surface area contributed by atoms with E-state index in [0.717, 1.165) is 40.8 Å². The highest BCUT2D eigenvalue weighted by Crippen LogP contribution is 2.37. The Balaban J connectivity index is 2.30. The Bertz CT molecular complexity index is 894. The van der Waals surface area contributed by atoms with Crippen LogP contribution in [0.5, 0.6) is 0 Å². The normalized spacial score (nSPS) is 12.6. The maximum absolute atomic E-state index is 11.8. The molecule has 0 aliphatic carbocycles. The Morgan fingerprint density at radius 3 is 2.40 bits per heavy atom. The van der Waals surface area contributed by atoms with Crippen molar-refractivity contribution in [3.63, 3.8) is 0 Å². The largest absolute Gasteiger partial charge is 0.478 e. The van der Waals surface area contributed by atoms with Crippen LogP contribution in [0.1, 0.15) is 47.1 Å². The summed E-state index contributed by atoms with van der Waals surface area (Å²) in [7, 11) is 0. The Labute approximate surface area is 148 Å². The lowest BCUT2D eigenvalue weighted by atomic mass is 9.91. The van der Waals surface area contributed by atoms with Gasteiger partial charge in [-0.2, -0.15) is 0 Å². The summed E-state index contributed by atoms with van der Waals surface area (Å²) in [6.07, 6.45) is 0. The number of hydrogen-bond acceptors (Lipinski definition) is 2. The average Bonchev–Trinajstić information content (AvgIpc) is 2.95. The van der Waals surface area contributed by atoms with Crippen molar-refractivity contribution in [2.45, 2.75) is 26.8 Å². The summed E-state index contributed by atoms with van der Waals surface area (Å²) in [5, 5.41) is 10.8. The average molecular weight is 336 g/mol. The fourth-order valence-electron chi connectivity index (χ4n) is 3.70. The molecule has 0 fully saturated rings. The van der Waals surface area contributed by atoms with Crippen molar-refractivity contribution in [1.29, 1.82) is 0 Å². The fraction of sp³-hybridized carbons (Fsp3) is 0.286. The monoisotopic (exact) mass is 336 g/mol. The van der Waals surface area contributed by atoms with Crippen LogP contribution in [0.25, 0.3) is 10.9 Å². The molecule has 2 N–H and O–H groups in total. The van der Waals surface area contributed by atoms with Gasteiger partial charge in [0.05, 0.1) is 11.6 Å². The van der Waals surface area contributed by atoms with E-state index in [0.29, 0.717) is 5.56 Å². The highest BCUT2D eigenvalue weighted by molar-refractivity contribution is 5.91. The van der Waals surface area contributed by atoms with E-state index in [1.807, 2.05) is 24.3 Å². The molecular weight excluding hydrogens is 312 g/mol. The smallest absolute Gasteiger partial charge is 0.336 e. The number of hydrogen-bond donors (Lipinski definition) is 2. The van der Waals surface area contributed by atoms with Crippen LogP contribution in [-0.4, -0.2) is 34.0 Å². The van der Waals surface area contributed by atoms with Crippen LogP contribution in [0, 0.1) is 6.92 Å². The molecule has 1 heterocycles. The number of aromatic carboxylic acids is 1. The van der Waals surface area contributed by atoms with E-state index >= 15 is 0 Å². The van der Waals surface area contributed by atoms with Crippen LogP contribution in [0.2, 0.25) is 0 Å². The van der Waals surface area contributed by atoms with E-state index in [2.05, 4.69) is 42.8 Å². The number of H-pyrrole nitrogens is 1. The van der Waals surface area contributed by atoms with Gasteiger partial charge in [-0.05, 0) is 37.7 Å². The van der Waals surface area contributed by atoms with Crippen LogP contribution in [-0.2, 0) is 0 Å². The molecule has 1 unspecified atom stereocenters. The molecule has 1 aromatic heterocycles. The number of fused-ring (bicyclic) bond motifs is 1. The molecule has 0 amide bonds. The zero-order valence-electron chi connectivity index (χ0n) is 14.9. The van der Waals surface area contributed by atoms with Crippen molar-refractivity contribution in [1.82, 2.24) is 9.88 Å². The third-order valence-corrected chi connectivity index (χ3v) is 4.88. The zero-order chi connectivity index (χ0) is 18.0. The number of nitrogens with one attached hydrogen (secondary N) is 1. The summed E-state index contributed by atoms with van der Waals surface area (Å²) in [4.78, 5) is 17.6. The molecule has 3 rings (SSSR count). The van der Waals surface area contributed by atoms with E-state index in [4.69, 9.17) is 0 Å². The molecule has 130 valence electrons. The number of carbonyl (C=O) groups is 1. The topological polar surface area (TPSA) is 56.3 Å². The quantitative estimate of drug-likeness (QED) is 0.691. The first-order chi connectivity index (χ1) is 12.1. The lowest BCUT2D eigenvalue weighted by molar-refractivity contribution is 0.0693. The summed E-state index contributed by atoms with van der Waals surface area (Å²) >= 11 is 0. The maximum atomic E-state index is 11.8. The van der Waals surface area contributed by atoms with E-state index < -0.39 is 5.97 Å². The molecule has 1 atom stereocenters. The molecular formula is C21H24N2O2. The van der Waals surface area contributed by atoms with E-state index in [1.54, 1.807) is 12.1 Å². The van der Waals surface area contributed by atoms with Crippen molar-refractivity contribution >= 4 is 16.9 Å². The van der Waals surface area contributed by atoms with E-state index in [-0.39, 0.29) is 6.04 Å². The SMILES string of the molecule is CCN(CC)C(c1ccccc1C(=O)O)c1c(C)[nH]c2ccccc12. The number of rotatable bonds is 6. The number of carboxylic acids is 1. The molecule has 0 aliphatic rings. The van der Waals surface area contributed by atoms with Crippen LogP contribution >= 0.6 is 0 Å². The second-order valence-electron chi connectivity index (χ2n) is 6.23.